The molecule has 0 aliphatic heterocycles. The lowest BCUT2D eigenvalue weighted by atomic mass is 10.1. The molecule has 0 saturated carbocycles. The highest BCUT2D eigenvalue weighted by molar-refractivity contribution is 5.79. The molecule has 7 nitrogen and oxygen atoms in total. The van der Waals surface area contributed by atoms with E-state index in [1.807, 2.05) is 48.9 Å². The number of carboxylic acids is 1. The molecular weight excluding hydrogens is 310 g/mol. The van der Waals surface area contributed by atoms with Gasteiger partial charge in [-0.05, 0) is 26.0 Å². The number of benzene rings is 1. The zero-order valence-corrected chi connectivity index (χ0v) is 13.8. The highest BCUT2D eigenvalue weighted by atomic mass is 16.5. The van der Waals surface area contributed by atoms with E-state index in [1.54, 1.807) is 0 Å². The predicted octanol–water partition coefficient (Wildman–Crippen LogP) is 1.25. The SMILES string of the molecule is Cc1nn(-c2ccccc2)c(C)c1CC(=O)NCCOCC(=O)O. The number of carboxylic acid groups (broad SMARTS) is 1. The molecule has 0 aliphatic carbocycles. The highest BCUT2D eigenvalue weighted by Gasteiger charge is 2.15. The summed E-state index contributed by atoms with van der Waals surface area (Å²) in [6, 6.07) is 9.74. The van der Waals surface area contributed by atoms with Crippen LogP contribution in [-0.4, -0.2) is 46.5 Å². The molecule has 0 radical (unpaired) electrons. The number of rotatable bonds is 8. The van der Waals surface area contributed by atoms with Gasteiger partial charge in [-0.25, -0.2) is 9.48 Å². The minimum atomic E-state index is -1.03. The van der Waals surface area contributed by atoms with Crippen LogP contribution in [0.15, 0.2) is 30.3 Å². The van der Waals surface area contributed by atoms with Gasteiger partial charge in [-0.3, -0.25) is 4.79 Å². The van der Waals surface area contributed by atoms with Crippen LogP contribution in [0.2, 0.25) is 0 Å². The van der Waals surface area contributed by atoms with Crippen molar-refractivity contribution >= 4 is 11.9 Å². The number of hydrogen-bond acceptors (Lipinski definition) is 4. The molecule has 2 aromatic rings. The first kappa shape index (κ1) is 17.7. The summed E-state index contributed by atoms with van der Waals surface area (Å²) >= 11 is 0. The Bertz CT molecular complexity index is 710. The van der Waals surface area contributed by atoms with Crippen molar-refractivity contribution in [2.45, 2.75) is 20.3 Å². The first-order valence-electron chi connectivity index (χ1n) is 7.65. The molecule has 128 valence electrons. The highest BCUT2D eigenvalue weighted by Crippen LogP contribution is 2.18. The molecule has 0 aliphatic rings. The van der Waals surface area contributed by atoms with E-state index in [2.05, 4.69) is 10.4 Å². The molecule has 24 heavy (non-hydrogen) atoms. The van der Waals surface area contributed by atoms with Crippen LogP contribution < -0.4 is 5.32 Å². The van der Waals surface area contributed by atoms with Crippen molar-refractivity contribution in [3.63, 3.8) is 0 Å². The second-order valence-electron chi connectivity index (χ2n) is 5.37. The van der Waals surface area contributed by atoms with Crippen molar-refractivity contribution in [2.24, 2.45) is 0 Å². The van der Waals surface area contributed by atoms with Crippen LogP contribution in [0.1, 0.15) is 17.0 Å². The zero-order valence-electron chi connectivity index (χ0n) is 13.8. The molecule has 0 spiro atoms. The Labute approximate surface area is 140 Å². The van der Waals surface area contributed by atoms with Gasteiger partial charge in [0.1, 0.15) is 6.61 Å². The third-order valence-corrected chi connectivity index (χ3v) is 3.57. The second-order valence-corrected chi connectivity index (χ2v) is 5.37. The molecule has 2 rings (SSSR count). The number of aryl methyl sites for hydroxylation is 1. The Morgan fingerprint density at radius 2 is 1.96 bits per heavy atom. The van der Waals surface area contributed by atoms with E-state index in [4.69, 9.17) is 9.84 Å². The molecule has 0 atom stereocenters. The molecule has 0 saturated heterocycles. The summed E-state index contributed by atoms with van der Waals surface area (Å²) in [7, 11) is 0. The Morgan fingerprint density at radius 1 is 1.25 bits per heavy atom. The van der Waals surface area contributed by atoms with E-state index in [-0.39, 0.29) is 32.1 Å². The van der Waals surface area contributed by atoms with Crippen LogP contribution >= 0.6 is 0 Å². The molecule has 1 heterocycles. The predicted molar refractivity (Wildman–Crippen MR) is 88.2 cm³/mol. The van der Waals surface area contributed by atoms with E-state index in [0.29, 0.717) is 0 Å². The number of amides is 1. The first-order chi connectivity index (χ1) is 11.5. The Hall–Kier alpha value is -2.67. The van der Waals surface area contributed by atoms with Gasteiger partial charge in [0, 0.05) is 17.8 Å². The van der Waals surface area contributed by atoms with Crippen molar-refractivity contribution in [3.8, 4) is 5.69 Å². The lowest BCUT2D eigenvalue weighted by Gasteiger charge is -2.07. The molecule has 2 N–H and O–H groups in total. The number of carbonyl (C=O) groups is 2. The minimum Gasteiger partial charge on any atom is -0.480 e. The van der Waals surface area contributed by atoms with Gasteiger partial charge in [-0.1, -0.05) is 18.2 Å². The van der Waals surface area contributed by atoms with Gasteiger partial charge in [0.05, 0.1) is 24.4 Å². The molecule has 1 aromatic carbocycles. The largest absolute Gasteiger partial charge is 0.480 e. The summed E-state index contributed by atoms with van der Waals surface area (Å²) in [6.45, 7) is 3.89. The van der Waals surface area contributed by atoms with Crippen molar-refractivity contribution in [1.82, 2.24) is 15.1 Å². The average molecular weight is 331 g/mol. The van der Waals surface area contributed by atoms with Crippen molar-refractivity contribution < 1.29 is 19.4 Å². The maximum Gasteiger partial charge on any atom is 0.329 e. The normalized spacial score (nSPS) is 10.6. The molecule has 1 aromatic heterocycles. The number of ether oxygens (including phenoxy) is 1. The number of aromatic nitrogens is 2. The van der Waals surface area contributed by atoms with Crippen LogP contribution in [0.4, 0.5) is 0 Å². The number of para-hydroxylation sites is 1. The van der Waals surface area contributed by atoms with Gasteiger partial charge in [-0.15, -0.1) is 0 Å². The zero-order chi connectivity index (χ0) is 17.5. The van der Waals surface area contributed by atoms with Gasteiger partial charge in [0.25, 0.3) is 0 Å². The Balaban J connectivity index is 1.94. The summed E-state index contributed by atoms with van der Waals surface area (Å²) in [4.78, 5) is 22.3. The smallest absolute Gasteiger partial charge is 0.329 e. The fraction of sp³-hybridized carbons (Fsp3) is 0.353. The first-order valence-corrected chi connectivity index (χ1v) is 7.65. The van der Waals surface area contributed by atoms with Crippen LogP contribution in [0, 0.1) is 13.8 Å². The van der Waals surface area contributed by atoms with E-state index in [0.717, 1.165) is 22.6 Å². The van der Waals surface area contributed by atoms with Gasteiger partial charge in [-0.2, -0.15) is 5.10 Å². The van der Waals surface area contributed by atoms with E-state index in [9.17, 15) is 9.59 Å². The standard InChI is InChI=1S/C17H21N3O4/c1-12-15(10-16(21)18-8-9-24-11-17(22)23)13(2)20(19-12)14-6-4-3-5-7-14/h3-7H,8-11H2,1-2H3,(H,18,21)(H,22,23). The summed E-state index contributed by atoms with van der Waals surface area (Å²) in [5.41, 5.74) is 3.58. The van der Waals surface area contributed by atoms with Gasteiger partial charge >= 0.3 is 5.97 Å². The fourth-order valence-corrected chi connectivity index (χ4v) is 2.40. The molecule has 0 fully saturated rings. The van der Waals surface area contributed by atoms with Crippen molar-refractivity contribution in [3.05, 3.63) is 47.3 Å². The van der Waals surface area contributed by atoms with E-state index < -0.39 is 5.97 Å². The Morgan fingerprint density at radius 3 is 2.62 bits per heavy atom. The molecular formula is C17H21N3O4. The Kier molecular flexibility index (Phi) is 6.08. The number of nitrogens with zero attached hydrogens (tertiary/aromatic N) is 2. The van der Waals surface area contributed by atoms with Crippen LogP contribution in [0.5, 0.6) is 0 Å². The van der Waals surface area contributed by atoms with Crippen LogP contribution in [-0.2, 0) is 20.7 Å². The van der Waals surface area contributed by atoms with E-state index in [1.165, 1.54) is 0 Å². The second kappa shape index (κ2) is 8.26. The van der Waals surface area contributed by atoms with Crippen LogP contribution in [0.25, 0.3) is 5.69 Å². The quantitative estimate of drug-likeness (QED) is 0.710. The third kappa shape index (κ3) is 4.66. The minimum absolute atomic E-state index is 0.146. The number of carbonyl (C=O) groups excluding carboxylic acids is 1. The summed E-state index contributed by atoms with van der Waals surface area (Å²) < 4.78 is 6.70. The van der Waals surface area contributed by atoms with Crippen LogP contribution in [0.3, 0.4) is 0 Å². The number of nitrogens with one attached hydrogen (secondary N) is 1. The summed E-state index contributed by atoms with van der Waals surface area (Å²) in [6.07, 6.45) is 0.226. The van der Waals surface area contributed by atoms with Crippen molar-refractivity contribution in [2.75, 3.05) is 19.8 Å². The molecule has 7 heteroatoms. The fourth-order valence-electron chi connectivity index (χ4n) is 2.40. The average Bonchev–Trinajstić information content (AvgIpc) is 2.83. The van der Waals surface area contributed by atoms with Gasteiger partial charge in [0.2, 0.25) is 5.91 Å². The summed E-state index contributed by atoms with van der Waals surface area (Å²) in [5.74, 6) is -1.17. The molecule has 0 unspecified atom stereocenters. The topological polar surface area (TPSA) is 93.5 Å². The van der Waals surface area contributed by atoms with Gasteiger partial charge in [0.15, 0.2) is 0 Å². The van der Waals surface area contributed by atoms with Gasteiger partial charge < -0.3 is 15.2 Å². The summed E-state index contributed by atoms with van der Waals surface area (Å²) in [5, 5.41) is 15.7. The lowest BCUT2D eigenvalue weighted by molar-refractivity contribution is -0.142. The molecule has 0 bridgehead atoms. The van der Waals surface area contributed by atoms with E-state index >= 15 is 0 Å². The van der Waals surface area contributed by atoms with Crippen molar-refractivity contribution in [1.29, 1.82) is 0 Å². The third-order valence-electron chi connectivity index (χ3n) is 3.57. The molecule has 1 amide bonds. The number of hydrogen-bond donors (Lipinski definition) is 2. The monoisotopic (exact) mass is 331 g/mol. The maximum absolute atomic E-state index is 12.0. The lowest BCUT2D eigenvalue weighted by Crippen LogP contribution is -2.29. The number of aliphatic carboxylic acids is 1. The maximum atomic E-state index is 12.0.